The quantitative estimate of drug-likeness (QED) is 0.121. The molecule has 8 aromatic carbocycles. The standard InChI is InChI=1S/C61H46S/c1-4-5-6-7-10-26-46-27-16-19-30-56(46)61(55-29-18-15-21-42(55)2)57-36-33-47(43(3)38-52(44-22-11-8-12-23-44)45-24-13-9-14-25-45)39-53(57)54-40-48(34-37-58(54)61)49-32-35-51-50-28-17-20-31-59(50)62-60(51)41-49/h4-41H,3H2,1-2H3/b5-4+,7-6-,26-10-. The van der Waals surface area contributed by atoms with Crippen molar-refractivity contribution in [1.29, 1.82) is 0 Å². The van der Waals surface area contributed by atoms with E-state index in [9.17, 15) is 0 Å². The summed E-state index contributed by atoms with van der Waals surface area (Å²) in [4.78, 5) is 0. The van der Waals surface area contributed by atoms with Crippen molar-refractivity contribution in [2.75, 3.05) is 0 Å². The van der Waals surface area contributed by atoms with Crippen LogP contribution in [0.15, 0.2) is 231 Å². The predicted molar refractivity (Wildman–Crippen MR) is 269 cm³/mol. The van der Waals surface area contributed by atoms with Gasteiger partial charge in [0, 0.05) is 20.2 Å². The average Bonchev–Trinajstić information content (AvgIpc) is 3.84. The Balaban J connectivity index is 1.22. The van der Waals surface area contributed by atoms with Crippen LogP contribution in [0.3, 0.4) is 0 Å². The minimum Gasteiger partial charge on any atom is -0.135 e. The van der Waals surface area contributed by atoms with E-state index in [4.69, 9.17) is 6.58 Å². The Morgan fingerprint density at radius 1 is 0.484 bits per heavy atom. The van der Waals surface area contributed by atoms with Crippen molar-refractivity contribution in [3.8, 4) is 22.3 Å². The molecule has 1 aromatic heterocycles. The Morgan fingerprint density at radius 3 is 1.84 bits per heavy atom. The highest BCUT2D eigenvalue weighted by atomic mass is 32.1. The minimum atomic E-state index is -0.590. The lowest BCUT2D eigenvalue weighted by Gasteiger charge is -2.36. The highest BCUT2D eigenvalue weighted by molar-refractivity contribution is 7.25. The maximum absolute atomic E-state index is 4.75. The summed E-state index contributed by atoms with van der Waals surface area (Å²) in [7, 11) is 0. The van der Waals surface area contributed by atoms with Gasteiger partial charge in [-0.15, -0.1) is 11.3 Å². The van der Waals surface area contributed by atoms with E-state index in [1.807, 2.05) is 18.3 Å². The molecule has 296 valence electrons. The van der Waals surface area contributed by atoms with Gasteiger partial charge in [0.2, 0.25) is 0 Å². The summed E-state index contributed by atoms with van der Waals surface area (Å²) in [6.07, 6.45) is 15.0. The molecule has 0 spiro atoms. The van der Waals surface area contributed by atoms with Crippen LogP contribution in [0.2, 0.25) is 0 Å². The first-order valence-corrected chi connectivity index (χ1v) is 22.2. The van der Waals surface area contributed by atoms with Gasteiger partial charge in [0.1, 0.15) is 0 Å². The van der Waals surface area contributed by atoms with Crippen molar-refractivity contribution in [2.24, 2.45) is 0 Å². The number of hydrogen-bond acceptors (Lipinski definition) is 1. The van der Waals surface area contributed by atoms with Crippen molar-refractivity contribution in [1.82, 2.24) is 0 Å². The highest BCUT2D eigenvalue weighted by Crippen LogP contribution is 2.58. The molecule has 0 saturated carbocycles. The van der Waals surface area contributed by atoms with E-state index in [-0.39, 0.29) is 0 Å². The topological polar surface area (TPSA) is 0 Å². The number of aryl methyl sites for hydroxylation is 1. The van der Waals surface area contributed by atoms with Gasteiger partial charge in [0.25, 0.3) is 0 Å². The summed E-state index contributed by atoms with van der Waals surface area (Å²) in [5.41, 5.74) is 17.4. The molecular weight excluding hydrogens is 765 g/mol. The van der Waals surface area contributed by atoms with E-state index in [1.165, 1.54) is 75.8 Å². The lowest BCUT2D eigenvalue weighted by Crippen LogP contribution is -2.30. The van der Waals surface area contributed by atoms with Crippen molar-refractivity contribution in [3.05, 3.63) is 281 Å². The van der Waals surface area contributed by atoms with Crippen LogP contribution in [-0.2, 0) is 5.41 Å². The van der Waals surface area contributed by atoms with Gasteiger partial charge in [-0.2, -0.15) is 0 Å². The normalized spacial score (nSPS) is 14.5. The number of fused-ring (bicyclic) bond motifs is 6. The zero-order chi connectivity index (χ0) is 42.0. The van der Waals surface area contributed by atoms with E-state index in [0.717, 1.165) is 27.8 Å². The van der Waals surface area contributed by atoms with E-state index < -0.39 is 5.41 Å². The maximum Gasteiger partial charge on any atom is 0.0721 e. The van der Waals surface area contributed by atoms with Gasteiger partial charge in [-0.3, -0.25) is 0 Å². The van der Waals surface area contributed by atoms with Crippen molar-refractivity contribution < 1.29 is 0 Å². The van der Waals surface area contributed by atoms with Gasteiger partial charge in [0.05, 0.1) is 5.41 Å². The van der Waals surface area contributed by atoms with Crippen LogP contribution < -0.4 is 0 Å². The van der Waals surface area contributed by atoms with Crippen LogP contribution in [0.25, 0.3) is 59.6 Å². The Bertz CT molecular complexity index is 3220. The van der Waals surface area contributed by atoms with E-state index >= 15 is 0 Å². The molecule has 10 rings (SSSR count). The van der Waals surface area contributed by atoms with Gasteiger partial charge < -0.3 is 0 Å². The van der Waals surface area contributed by atoms with E-state index in [1.54, 1.807) is 0 Å². The fourth-order valence-electron chi connectivity index (χ4n) is 9.55. The molecule has 1 atom stereocenters. The van der Waals surface area contributed by atoms with Gasteiger partial charge in [-0.1, -0.05) is 207 Å². The monoisotopic (exact) mass is 810 g/mol. The largest absolute Gasteiger partial charge is 0.135 e. The van der Waals surface area contributed by atoms with Crippen LogP contribution in [0, 0.1) is 6.92 Å². The smallest absolute Gasteiger partial charge is 0.0721 e. The number of allylic oxidation sites excluding steroid dienone is 7. The Morgan fingerprint density at radius 2 is 1.08 bits per heavy atom. The Kier molecular flexibility index (Phi) is 10.4. The van der Waals surface area contributed by atoms with Gasteiger partial charge >= 0.3 is 0 Å². The molecule has 9 aromatic rings. The molecule has 0 fully saturated rings. The molecule has 1 heteroatoms. The number of hydrogen-bond donors (Lipinski definition) is 0. The van der Waals surface area contributed by atoms with Gasteiger partial charge in [0.15, 0.2) is 0 Å². The van der Waals surface area contributed by atoms with Crippen LogP contribution in [0.1, 0.15) is 57.0 Å². The van der Waals surface area contributed by atoms with Gasteiger partial charge in [-0.05, 0) is 128 Å². The molecule has 0 N–H and O–H groups in total. The summed E-state index contributed by atoms with van der Waals surface area (Å²) < 4.78 is 2.63. The number of thiophene rings is 1. The van der Waals surface area contributed by atoms with Gasteiger partial charge in [-0.25, -0.2) is 0 Å². The first-order chi connectivity index (χ1) is 30.5. The first kappa shape index (κ1) is 38.9. The number of rotatable bonds is 10. The molecule has 0 radical (unpaired) electrons. The second-order valence-electron chi connectivity index (χ2n) is 16.1. The zero-order valence-corrected chi connectivity index (χ0v) is 35.9. The molecule has 0 bridgehead atoms. The molecule has 1 aliphatic carbocycles. The summed E-state index contributed by atoms with van der Waals surface area (Å²) in [6.45, 7) is 9.05. The fourth-order valence-corrected chi connectivity index (χ4v) is 10.7. The van der Waals surface area contributed by atoms with Crippen molar-refractivity contribution in [2.45, 2.75) is 19.3 Å². The fraction of sp³-hybridized carbons (Fsp3) is 0.0492. The molecule has 1 unspecified atom stereocenters. The maximum atomic E-state index is 4.75. The van der Waals surface area contributed by atoms with Crippen LogP contribution in [-0.4, -0.2) is 0 Å². The molecule has 1 aliphatic rings. The lowest BCUT2D eigenvalue weighted by atomic mass is 9.65. The molecular formula is C61H46S. The second kappa shape index (κ2) is 16.6. The molecule has 62 heavy (non-hydrogen) atoms. The third-order valence-electron chi connectivity index (χ3n) is 12.4. The zero-order valence-electron chi connectivity index (χ0n) is 35.1. The second-order valence-corrected chi connectivity index (χ2v) is 17.2. The van der Waals surface area contributed by atoms with Crippen LogP contribution in [0.4, 0.5) is 0 Å². The predicted octanol–water partition coefficient (Wildman–Crippen LogP) is 16.7. The molecule has 1 heterocycles. The lowest BCUT2D eigenvalue weighted by molar-refractivity contribution is 0.759. The average molecular weight is 811 g/mol. The van der Waals surface area contributed by atoms with Crippen molar-refractivity contribution in [3.63, 3.8) is 0 Å². The Hall–Kier alpha value is -7.32. The third-order valence-corrected chi connectivity index (χ3v) is 13.6. The molecule has 0 aliphatic heterocycles. The van der Waals surface area contributed by atoms with E-state index in [2.05, 4.69) is 238 Å². The molecule has 0 amide bonds. The SMILES string of the molecule is C=C(C=C(c1ccccc1)c1ccccc1)c1ccc2c(c1)-c1cc(-c3ccc4c(c3)sc3ccccc34)ccc1C2(c1ccccc1C)c1ccccc1\C=C/C=C\C=C\C. The summed E-state index contributed by atoms with van der Waals surface area (Å²) in [5, 5.41) is 2.63. The third kappa shape index (κ3) is 6.82. The molecule has 0 nitrogen and oxygen atoms in total. The van der Waals surface area contributed by atoms with E-state index in [0.29, 0.717) is 0 Å². The van der Waals surface area contributed by atoms with Crippen molar-refractivity contribution >= 4 is 48.7 Å². The summed E-state index contributed by atoms with van der Waals surface area (Å²) in [6, 6.07) is 69.2. The highest BCUT2D eigenvalue weighted by Gasteiger charge is 2.47. The van der Waals surface area contributed by atoms with Crippen LogP contribution in [0.5, 0.6) is 0 Å². The number of benzene rings is 8. The van der Waals surface area contributed by atoms with Crippen LogP contribution >= 0.6 is 11.3 Å². The minimum absolute atomic E-state index is 0.590. The molecule has 0 saturated heterocycles. The Labute approximate surface area is 369 Å². The summed E-state index contributed by atoms with van der Waals surface area (Å²) in [5.74, 6) is 0. The summed E-state index contributed by atoms with van der Waals surface area (Å²) >= 11 is 1.87. The first-order valence-electron chi connectivity index (χ1n) is 21.4.